The zero-order valence-electron chi connectivity index (χ0n) is 7.62. The molecule has 0 radical (unpaired) electrons. The summed E-state index contributed by atoms with van der Waals surface area (Å²) in [7, 11) is 0. The third-order valence-corrected chi connectivity index (χ3v) is 2.84. The monoisotopic (exact) mass is 192 g/mol. The van der Waals surface area contributed by atoms with Crippen LogP contribution < -0.4 is 0 Å². The van der Waals surface area contributed by atoms with Crippen molar-refractivity contribution in [3.8, 4) is 0 Å². The molecule has 1 aromatic rings. The fourth-order valence-electron chi connectivity index (χ4n) is 0.910. The van der Waals surface area contributed by atoms with Gasteiger partial charge in [0.15, 0.2) is 6.29 Å². The summed E-state index contributed by atoms with van der Waals surface area (Å²) in [6.45, 7) is 5.80. The van der Waals surface area contributed by atoms with E-state index in [4.69, 9.17) is 0 Å². The predicted octanol–water partition coefficient (Wildman–Crippen LogP) is 3.17. The van der Waals surface area contributed by atoms with Crippen LogP contribution in [0.5, 0.6) is 0 Å². The number of carbonyl (C=O) groups excluding carboxylic acids is 1. The number of carbonyl (C=O) groups is 1. The van der Waals surface area contributed by atoms with Gasteiger partial charge in [-0.2, -0.15) is 0 Å². The smallest absolute Gasteiger partial charge is 0.151 e. The first kappa shape index (κ1) is 10.1. The van der Waals surface area contributed by atoms with E-state index in [-0.39, 0.29) is 0 Å². The molecular formula is C11H12OS. The Balaban J connectivity index is 2.75. The molecule has 1 aromatic carbocycles. The molecule has 0 unspecified atom stereocenters. The number of benzene rings is 1. The SMILES string of the molecule is C=C(C)CSc1ccccc1C=O. The molecule has 68 valence electrons. The Morgan fingerprint density at radius 1 is 1.54 bits per heavy atom. The second-order valence-electron chi connectivity index (χ2n) is 2.90. The molecule has 0 aliphatic carbocycles. The normalized spacial score (nSPS) is 9.62. The molecule has 0 atom stereocenters. The van der Waals surface area contributed by atoms with E-state index < -0.39 is 0 Å². The fraction of sp³-hybridized carbons (Fsp3) is 0.182. The van der Waals surface area contributed by atoms with Crippen molar-refractivity contribution < 1.29 is 4.79 Å². The van der Waals surface area contributed by atoms with E-state index in [1.165, 1.54) is 0 Å². The second-order valence-corrected chi connectivity index (χ2v) is 3.92. The molecule has 0 aromatic heterocycles. The maximum Gasteiger partial charge on any atom is 0.151 e. The van der Waals surface area contributed by atoms with Gasteiger partial charge in [-0.25, -0.2) is 0 Å². The molecule has 0 spiro atoms. The van der Waals surface area contributed by atoms with E-state index in [1.807, 2.05) is 31.2 Å². The van der Waals surface area contributed by atoms with Gasteiger partial charge in [-0.3, -0.25) is 4.79 Å². The van der Waals surface area contributed by atoms with Gasteiger partial charge in [0.2, 0.25) is 0 Å². The number of hydrogen-bond donors (Lipinski definition) is 0. The molecule has 0 N–H and O–H groups in total. The van der Waals surface area contributed by atoms with Gasteiger partial charge >= 0.3 is 0 Å². The third kappa shape index (κ3) is 3.07. The van der Waals surface area contributed by atoms with E-state index in [0.717, 1.165) is 28.1 Å². The number of aldehydes is 1. The molecule has 0 saturated heterocycles. The first-order valence-corrected chi connectivity index (χ1v) is 5.04. The molecule has 1 rings (SSSR count). The van der Waals surface area contributed by atoms with E-state index >= 15 is 0 Å². The summed E-state index contributed by atoms with van der Waals surface area (Å²) in [5.41, 5.74) is 1.87. The number of thioether (sulfide) groups is 1. The van der Waals surface area contributed by atoms with E-state index in [0.29, 0.717) is 0 Å². The van der Waals surface area contributed by atoms with Gasteiger partial charge in [-0.1, -0.05) is 30.4 Å². The quantitative estimate of drug-likeness (QED) is 0.414. The molecule has 0 heterocycles. The summed E-state index contributed by atoms with van der Waals surface area (Å²) in [6, 6.07) is 7.59. The first-order valence-electron chi connectivity index (χ1n) is 4.05. The van der Waals surface area contributed by atoms with E-state index in [1.54, 1.807) is 11.8 Å². The van der Waals surface area contributed by atoms with Gasteiger partial charge in [-0.15, -0.1) is 11.8 Å². The molecule has 0 aliphatic rings. The van der Waals surface area contributed by atoms with Crippen molar-refractivity contribution >= 4 is 18.0 Å². The Bertz CT molecular complexity index is 318. The van der Waals surface area contributed by atoms with Crippen LogP contribution in [0.2, 0.25) is 0 Å². The standard InChI is InChI=1S/C11H12OS/c1-9(2)8-13-11-6-4-3-5-10(11)7-12/h3-7H,1,8H2,2H3. The minimum atomic E-state index is 0.758. The zero-order valence-corrected chi connectivity index (χ0v) is 8.43. The number of hydrogen-bond acceptors (Lipinski definition) is 2. The lowest BCUT2D eigenvalue weighted by Gasteiger charge is -2.02. The lowest BCUT2D eigenvalue weighted by Crippen LogP contribution is -1.86. The highest BCUT2D eigenvalue weighted by Crippen LogP contribution is 2.22. The Morgan fingerprint density at radius 2 is 2.23 bits per heavy atom. The van der Waals surface area contributed by atoms with Crippen molar-refractivity contribution in [3.63, 3.8) is 0 Å². The molecule has 0 fully saturated rings. The Morgan fingerprint density at radius 3 is 2.85 bits per heavy atom. The summed E-state index contributed by atoms with van der Waals surface area (Å²) in [6.07, 6.45) is 0.890. The second kappa shape index (κ2) is 4.87. The summed E-state index contributed by atoms with van der Waals surface area (Å²) < 4.78 is 0. The predicted molar refractivity (Wildman–Crippen MR) is 57.4 cm³/mol. The van der Waals surface area contributed by atoms with Crippen molar-refractivity contribution in [1.29, 1.82) is 0 Å². The molecule has 0 bridgehead atoms. The highest BCUT2D eigenvalue weighted by molar-refractivity contribution is 7.99. The van der Waals surface area contributed by atoms with E-state index in [2.05, 4.69) is 6.58 Å². The minimum absolute atomic E-state index is 0.758. The average Bonchev–Trinajstić information content (AvgIpc) is 2.15. The highest BCUT2D eigenvalue weighted by atomic mass is 32.2. The van der Waals surface area contributed by atoms with Crippen LogP contribution in [-0.2, 0) is 0 Å². The molecule has 0 saturated carbocycles. The molecule has 13 heavy (non-hydrogen) atoms. The summed E-state index contributed by atoms with van der Waals surface area (Å²) >= 11 is 1.65. The summed E-state index contributed by atoms with van der Waals surface area (Å²) in [5.74, 6) is 0.866. The van der Waals surface area contributed by atoms with Crippen LogP contribution in [-0.4, -0.2) is 12.0 Å². The highest BCUT2D eigenvalue weighted by Gasteiger charge is 1.99. The van der Waals surface area contributed by atoms with Gasteiger partial charge in [0, 0.05) is 16.2 Å². The van der Waals surface area contributed by atoms with Crippen molar-refractivity contribution in [1.82, 2.24) is 0 Å². The summed E-state index contributed by atoms with van der Waals surface area (Å²) in [5, 5.41) is 0. The van der Waals surface area contributed by atoms with Crippen LogP contribution in [0.15, 0.2) is 41.3 Å². The van der Waals surface area contributed by atoms with E-state index in [9.17, 15) is 4.79 Å². The van der Waals surface area contributed by atoms with Gasteiger partial charge in [-0.05, 0) is 13.0 Å². The molecule has 0 amide bonds. The minimum Gasteiger partial charge on any atom is -0.298 e. The van der Waals surface area contributed by atoms with Gasteiger partial charge in [0.25, 0.3) is 0 Å². The lowest BCUT2D eigenvalue weighted by atomic mass is 10.2. The average molecular weight is 192 g/mol. The third-order valence-electron chi connectivity index (χ3n) is 1.52. The maximum absolute atomic E-state index is 10.6. The topological polar surface area (TPSA) is 17.1 Å². The van der Waals surface area contributed by atoms with Crippen LogP contribution >= 0.6 is 11.8 Å². The number of rotatable bonds is 4. The largest absolute Gasteiger partial charge is 0.298 e. The molecule has 1 nitrogen and oxygen atoms in total. The molecular weight excluding hydrogens is 180 g/mol. The Hall–Kier alpha value is -1.02. The molecule has 0 aliphatic heterocycles. The van der Waals surface area contributed by atoms with Crippen LogP contribution in [0.1, 0.15) is 17.3 Å². The first-order chi connectivity index (χ1) is 6.24. The van der Waals surface area contributed by atoms with Gasteiger partial charge in [0.05, 0.1) is 0 Å². The van der Waals surface area contributed by atoms with Gasteiger partial charge < -0.3 is 0 Å². The Labute approximate surface area is 82.9 Å². The van der Waals surface area contributed by atoms with Crippen LogP contribution in [0, 0.1) is 0 Å². The fourth-order valence-corrected chi connectivity index (χ4v) is 1.77. The van der Waals surface area contributed by atoms with Crippen LogP contribution in [0.3, 0.4) is 0 Å². The van der Waals surface area contributed by atoms with Crippen molar-refractivity contribution in [3.05, 3.63) is 42.0 Å². The zero-order chi connectivity index (χ0) is 9.68. The van der Waals surface area contributed by atoms with Crippen LogP contribution in [0.4, 0.5) is 0 Å². The van der Waals surface area contributed by atoms with Gasteiger partial charge in [0.1, 0.15) is 0 Å². The Kier molecular flexibility index (Phi) is 3.77. The lowest BCUT2D eigenvalue weighted by molar-refractivity contribution is 0.112. The van der Waals surface area contributed by atoms with Crippen molar-refractivity contribution in [2.24, 2.45) is 0 Å². The van der Waals surface area contributed by atoms with Crippen molar-refractivity contribution in [2.75, 3.05) is 5.75 Å². The molecule has 2 heteroatoms. The maximum atomic E-state index is 10.6. The summed E-state index contributed by atoms with van der Waals surface area (Å²) in [4.78, 5) is 11.7. The van der Waals surface area contributed by atoms with Crippen molar-refractivity contribution in [2.45, 2.75) is 11.8 Å². The van der Waals surface area contributed by atoms with Crippen LogP contribution in [0.25, 0.3) is 0 Å².